The fourth-order valence-electron chi connectivity index (χ4n) is 2.18. The van der Waals surface area contributed by atoms with Crippen LogP contribution in [0.15, 0.2) is 10.9 Å². The van der Waals surface area contributed by atoms with Gasteiger partial charge in [0.15, 0.2) is 5.69 Å². The molecule has 114 valence electrons. The summed E-state index contributed by atoms with van der Waals surface area (Å²) in [7, 11) is 3.90. The van der Waals surface area contributed by atoms with Crippen LogP contribution in [0.1, 0.15) is 23.0 Å². The van der Waals surface area contributed by atoms with E-state index in [1.54, 1.807) is 18.5 Å². The number of ether oxygens (including phenoxy) is 1. The lowest BCUT2D eigenvalue weighted by Gasteiger charge is -2.09. The standard InChI is InChI=1S/C14H20N4O3/c1-5-21-14(20)12-11-9(2)8-10(19)15-13(11)18(16-12)7-6-17(3)4/h8H,5-7H2,1-4H3,(H,15,19). The third-order valence-electron chi connectivity index (χ3n) is 3.16. The Morgan fingerprint density at radius 1 is 1.48 bits per heavy atom. The fraction of sp³-hybridized carbons (Fsp3) is 0.500. The minimum absolute atomic E-state index is 0.207. The van der Waals surface area contributed by atoms with Gasteiger partial charge >= 0.3 is 5.97 Å². The number of pyridine rings is 1. The first-order valence-electron chi connectivity index (χ1n) is 6.86. The number of hydrogen-bond acceptors (Lipinski definition) is 5. The highest BCUT2D eigenvalue weighted by Gasteiger charge is 2.20. The molecule has 2 heterocycles. The highest BCUT2D eigenvalue weighted by atomic mass is 16.5. The lowest BCUT2D eigenvalue weighted by atomic mass is 10.1. The van der Waals surface area contributed by atoms with E-state index in [0.717, 1.165) is 6.54 Å². The van der Waals surface area contributed by atoms with Crippen LogP contribution in [0.25, 0.3) is 11.0 Å². The summed E-state index contributed by atoms with van der Waals surface area (Å²) in [6.07, 6.45) is 0. The first-order chi connectivity index (χ1) is 9.93. The van der Waals surface area contributed by atoms with E-state index in [0.29, 0.717) is 23.1 Å². The average molecular weight is 292 g/mol. The molecule has 0 spiro atoms. The minimum Gasteiger partial charge on any atom is -0.461 e. The number of aromatic amines is 1. The van der Waals surface area contributed by atoms with Gasteiger partial charge in [0, 0.05) is 12.6 Å². The molecule has 0 bridgehead atoms. The third kappa shape index (κ3) is 3.13. The molecule has 2 rings (SSSR count). The number of rotatable bonds is 5. The molecule has 0 aliphatic heterocycles. The van der Waals surface area contributed by atoms with Gasteiger partial charge < -0.3 is 14.6 Å². The number of H-pyrrole nitrogens is 1. The summed E-state index contributed by atoms with van der Waals surface area (Å²) in [5.41, 5.74) is 1.32. The SMILES string of the molecule is CCOC(=O)c1nn(CCN(C)C)c2[nH]c(=O)cc(C)c12. The van der Waals surface area contributed by atoms with Gasteiger partial charge in [-0.15, -0.1) is 0 Å². The van der Waals surface area contributed by atoms with Gasteiger partial charge in [0.25, 0.3) is 0 Å². The maximum absolute atomic E-state index is 12.0. The van der Waals surface area contributed by atoms with Crippen molar-refractivity contribution in [3.8, 4) is 0 Å². The van der Waals surface area contributed by atoms with Gasteiger partial charge in [-0.25, -0.2) is 9.48 Å². The van der Waals surface area contributed by atoms with Crippen molar-refractivity contribution in [2.24, 2.45) is 0 Å². The Morgan fingerprint density at radius 2 is 2.19 bits per heavy atom. The zero-order valence-electron chi connectivity index (χ0n) is 12.8. The van der Waals surface area contributed by atoms with Gasteiger partial charge in [-0.2, -0.15) is 5.10 Å². The van der Waals surface area contributed by atoms with Gasteiger partial charge in [0.1, 0.15) is 5.65 Å². The number of likely N-dealkylation sites (N-methyl/N-ethyl adjacent to an activating group) is 1. The van der Waals surface area contributed by atoms with E-state index in [2.05, 4.69) is 10.1 Å². The van der Waals surface area contributed by atoms with E-state index < -0.39 is 5.97 Å². The predicted molar refractivity (Wildman–Crippen MR) is 79.6 cm³/mol. The molecule has 2 aromatic heterocycles. The van der Waals surface area contributed by atoms with Crippen molar-refractivity contribution in [3.05, 3.63) is 27.7 Å². The molecule has 0 fully saturated rings. The highest BCUT2D eigenvalue weighted by molar-refractivity contribution is 6.02. The molecule has 0 amide bonds. The van der Waals surface area contributed by atoms with Crippen molar-refractivity contribution in [2.45, 2.75) is 20.4 Å². The number of aromatic nitrogens is 3. The zero-order chi connectivity index (χ0) is 15.6. The van der Waals surface area contributed by atoms with Gasteiger partial charge in [-0.3, -0.25) is 4.79 Å². The molecular weight excluding hydrogens is 272 g/mol. The monoisotopic (exact) mass is 292 g/mol. The molecule has 21 heavy (non-hydrogen) atoms. The van der Waals surface area contributed by atoms with Crippen LogP contribution in [0.5, 0.6) is 0 Å². The van der Waals surface area contributed by atoms with Gasteiger partial charge in [-0.1, -0.05) is 0 Å². The Kier molecular flexibility index (Phi) is 4.42. The molecule has 2 aromatic rings. The maximum atomic E-state index is 12.0. The number of carbonyl (C=O) groups excluding carboxylic acids is 1. The first-order valence-corrected chi connectivity index (χ1v) is 6.86. The van der Waals surface area contributed by atoms with E-state index in [-0.39, 0.29) is 17.9 Å². The third-order valence-corrected chi connectivity index (χ3v) is 3.16. The predicted octanol–water partition coefficient (Wildman–Crippen LogP) is 0.771. The van der Waals surface area contributed by atoms with Gasteiger partial charge in [0.2, 0.25) is 5.56 Å². The summed E-state index contributed by atoms with van der Waals surface area (Å²) in [5, 5.41) is 4.97. The summed E-state index contributed by atoms with van der Waals surface area (Å²) in [4.78, 5) is 28.5. The molecule has 0 saturated heterocycles. The summed E-state index contributed by atoms with van der Waals surface area (Å²) in [6.45, 7) is 5.14. The fourth-order valence-corrected chi connectivity index (χ4v) is 2.18. The number of carbonyl (C=O) groups is 1. The number of fused-ring (bicyclic) bond motifs is 1. The lowest BCUT2D eigenvalue weighted by Crippen LogP contribution is -2.20. The normalized spacial score (nSPS) is 11.3. The van der Waals surface area contributed by atoms with Gasteiger partial charge in [0.05, 0.1) is 18.5 Å². The summed E-state index contributed by atoms with van der Waals surface area (Å²) >= 11 is 0. The zero-order valence-corrected chi connectivity index (χ0v) is 12.8. The van der Waals surface area contributed by atoms with E-state index in [9.17, 15) is 9.59 Å². The van der Waals surface area contributed by atoms with Crippen LogP contribution in [0.3, 0.4) is 0 Å². The minimum atomic E-state index is -0.471. The van der Waals surface area contributed by atoms with Crippen molar-refractivity contribution in [1.82, 2.24) is 19.7 Å². The molecule has 0 radical (unpaired) electrons. The Morgan fingerprint density at radius 3 is 2.81 bits per heavy atom. The van der Waals surface area contributed by atoms with Crippen LogP contribution in [0, 0.1) is 6.92 Å². The van der Waals surface area contributed by atoms with Crippen molar-refractivity contribution in [3.63, 3.8) is 0 Å². The second-order valence-electron chi connectivity index (χ2n) is 5.14. The first kappa shape index (κ1) is 15.2. The second kappa shape index (κ2) is 6.09. The van der Waals surface area contributed by atoms with Crippen LogP contribution < -0.4 is 5.56 Å². The molecule has 0 aromatic carbocycles. The topological polar surface area (TPSA) is 80.2 Å². The van der Waals surface area contributed by atoms with Crippen molar-refractivity contribution in [2.75, 3.05) is 27.2 Å². The Labute approximate surface area is 122 Å². The Hall–Kier alpha value is -2.15. The molecule has 7 heteroatoms. The van der Waals surface area contributed by atoms with Crippen LogP contribution in [0.4, 0.5) is 0 Å². The number of nitrogens with one attached hydrogen (secondary N) is 1. The second-order valence-corrected chi connectivity index (χ2v) is 5.14. The molecule has 0 saturated carbocycles. The van der Waals surface area contributed by atoms with Crippen LogP contribution in [-0.2, 0) is 11.3 Å². The number of hydrogen-bond donors (Lipinski definition) is 1. The highest BCUT2D eigenvalue weighted by Crippen LogP contribution is 2.20. The quantitative estimate of drug-likeness (QED) is 0.823. The van der Waals surface area contributed by atoms with Crippen LogP contribution >= 0.6 is 0 Å². The van der Waals surface area contributed by atoms with Crippen LogP contribution in [0.2, 0.25) is 0 Å². The van der Waals surface area contributed by atoms with E-state index in [1.165, 1.54) is 6.07 Å². The molecule has 1 N–H and O–H groups in total. The van der Waals surface area contributed by atoms with Crippen molar-refractivity contribution in [1.29, 1.82) is 0 Å². The van der Waals surface area contributed by atoms with E-state index in [4.69, 9.17) is 4.74 Å². The number of aryl methyl sites for hydroxylation is 1. The molecule has 0 atom stereocenters. The van der Waals surface area contributed by atoms with Crippen molar-refractivity contribution < 1.29 is 9.53 Å². The van der Waals surface area contributed by atoms with E-state index >= 15 is 0 Å². The Balaban J connectivity index is 2.58. The maximum Gasteiger partial charge on any atom is 0.359 e. The summed E-state index contributed by atoms with van der Waals surface area (Å²) < 4.78 is 6.69. The van der Waals surface area contributed by atoms with Crippen LogP contribution in [-0.4, -0.2) is 52.9 Å². The van der Waals surface area contributed by atoms with Crippen molar-refractivity contribution >= 4 is 17.0 Å². The summed E-state index contributed by atoms with van der Waals surface area (Å²) in [6, 6.07) is 1.46. The molecule has 0 aliphatic carbocycles. The van der Waals surface area contributed by atoms with Gasteiger partial charge in [-0.05, 0) is 33.5 Å². The smallest absolute Gasteiger partial charge is 0.359 e. The molecular formula is C14H20N4O3. The number of esters is 1. The van der Waals surface area contributed by atoms with E-state index in [1.807, 2.05) is 19.0 Å². The number of nitrogens with zero attached hydrogens (tertiary/aromatic N) is 3. The Bertz CT molecular complexity index is 715. The average Bonchev–Trinajstić information content (AvgIpc) is 2.75. The molecule has 0 aliphatic rings. The molecule has 0 unspecified atom stereocenters. The molecule has 7 nitrogen and oxygen atoms in total. The summed E-state index contributed by atoms with van der Waals surface area (Å²) in [5.74, 6) is -0.471. The lowest BCUT2D eigenvalue weighted by molar-refractivity contribution is 0.0520. The largest absolute Gasteiger partial charge is 0.461 e.